The maximum absolute atomic E-state index is 10.9. The quantitative estimate of drug-likeness (QED) is 0.244. The standard InChI is InChI=1S/C17H30N4O8/c22-14(23)10-20(11-15(24)25)8-6-18-2-1-3-19(5-4-18)7-9-21(12-16(26)27)13-17(28)29/h1-13H2,(H,22,23)(H,24,25)(H,26,27)(H,28,29). The van der Waals surface area contributed by atoms with E-state index in [-0.39, 0.29) is 26.2 Å². The second kappa shape index (κ2) is 13.0. The highest BCUT2D eigenvalue weighted by Crippen LogP contribution is 2.04. The van der Waals surface area contributed by atoms with Crippen LogP contribution in [-0.2, 0) is 19.2 Å². The summed E-state index contributed by atoms with van der Waals surface area (Å²) in [5.74, 6) is -4.28. The van der Waals surface area contributed by atoms with E-state index in [0.717, 1.165) is 19.5 Å². The van der Waals surface area contributed by atoms with Gasteiger partial charge in [0.2, 0.25) is 0 Å². The summed E-state index contributed by atoms with van der Waals surface area (Å²) in [4.78, 5) is 50.5. The summed E-state index contributed by atoms with van der Waals surface area (Å²) in [5.41, 5.74) is 0. The van der Waals surface area contributed by atoms with Crippen LogP contribution < -0.4 is 0 Å². The number of carboxylic acid groups (broad SMARTS) is 4. The number of carbonyl (C=O) groups is 4. The molecular formula is C17H30N4O8. The van der Waals surface area contributed by atoms with Crippen molar-refractivity contribution in [3.8, 4) is 0 Å². The fourth-order valence-corrected chi connectivity index (χ4v) is 3.23. The molecule has 4 N–H and O–H groups in total. The van der Waals surface area contributed by atoms with Crippen LogP contribution in [-0.4, -0.2) is 142 Å². The monoisotopic (exact) mass is 418 g/mol. The summed E-state index contributed by atoms with van der Waals surface area (Å²) in [6.07, 6.45) is 0.857. The smallest absolute Gasteiger partial charge is 0.317 e. The third-order valence-electron chi connectivity index (χ3n) is 4.58. The zero-order valence-electron chi connectivity index (χ0n) is 16.4. The molecule has 1 saturated heterocycles. The lowest BCUT2D eigenvalue weighted by molar-refractivity contribution is -0.143. The molecule has 1 rings (SSSR count). The molecule has 0 unspecified atom stereocenters. The van der Waals surface area contributed by atoms with E-state index in [2.05, 4.69) is 9.80 Å². The van der Waals surface area contributed by atoms with E-state index in [9.17, 15) is 19.2 Å². The highest BCUT2D eigenvalue weighted by Gasteiger charge is 2.19. The van der Waals surface area contributed by atoms with Crippen molar-refractivity contribution in [2.75, 3.05) is 78.5 Å². The molecule has 0 aromatic heterocycles. The van der Waals surface area contributed by atoms with Crippen LogP contribution in [0, 0.1) is 0 Å². The van der Waals surface area contributed by atoms with E-state index in [1.54, 1.807) is 0 Å². The summed E-state index contributed by atoms with van der Waals surface area (Å²) in [7, 11) is 0. The largest absolute Gasteiger partial charge is 0.480 e. The van der Waals surface area contributed by atoms with E-state index in [4.69, 9.17) is 20.4 Å². The van der Waals surface area contributed by atoms with Crippen LogP contribution in [0.5, 0.6) is 0 Å². The van der Waals surface area contributed by atoms with Gasteiger partial charge in [0.1, 0.15) is 0 Å². The Morgan fingerprint density at radius 1 is 0.586 bits per heavy atom. The first kappa shape index (κ1) is 24.8. The van der Waals surface area contributed by atoms with Gasteiger partial charge in [-0.25, -0.2) is 0 Å². The minimum absolute atomic E-state index is 0.324. The fourth-order valence-electron chi connectivity index (χ4n) is 3.23. The van der Waals surface area contributed by atoms with Crippen molar-refractivity contribution in [3.63, 3.8) is 0 Å². The van der Waals surface area contributed by atoms with E-state index in [1.807, 2.05) is 0 Å². The molecule has 0 spiro atoms. The lowest BCUT2D eigenvalue weighted by atomic mass is 10.3. The summed E-state index contributed by atoms with van der Waals surface area (Å²) >= 11 is 0. The first-order valence-corrected chi connectivity index (χ1v) is 9.42. The zero-order chi connectivity index (χ0) is 21.8. The lowest BCUT2D eigenvalue weighted by Crippen LogP contribution is -2.42. The van der Waals surface area contributed by atoms with E-state index in [0.29, 0.717) is 39.3 Å². The third kappa shape index (κ3) is 12.0. The predicted octanol–water partition coefficient (Wildman–Crippen LogP) is -2.06. The molecule has 1 aliphatic rings. The van der Waals surface area contributed by atoms with Crippen molar-refractivity contribution in [1.82, 2.24) is 19.6 Å². The SMILES string of the molecule is O=C(O)CN(CCN1CCCN(CCN(CC(=O)O)CC(=O)O)CC1)CC(=O)O. The molecule has 0 amide bonds. The number of carboxylic acids is 4. The van der Waals surface area contributed by atoms with E-state index >= 15 is 0 Å². The minimum atomic E-state index is -1.07. The van der Waals surface area contributed by atoms with Crippen LogP contribution in [0.25, 0.3) is 0 Å². The maximum atomic E-state index is 10.9. The van der Waals surface area contributed by atoms with Gasteiger partial charge < -0.3 is 30.2 Å². The topological polar surface area (TPSA) is 162 Å². The van der Waals surface area contributed by atoms with Gasteiger partial charge in [0.25, 0.3) is 0 Å². The van der Waals surface area contributed by atoms with Crippen molar-refractivity contribution in [1.29, 1.82) is 0 Å². The molecule has 0 atom stereocenters. The fraction of sp³-hybridized carbons (Fsp3) is 0.765. The minimum Gasteiger partial charge on any atom is -0.480 e. The van der Waals surface area contributed by atoms with Gasteiger partial charge in [-0.2, -0.15) is 0 Å². The van der Waals surface area contributed by atoms with Crippen molar-refractivity contribution in [2.24, 2.45) is 0 Å². The molecule has 0 aliphatic carbocycles. The predicted molar refractivity (Wildman–Crippen MR) is 101 cm³/mol. The van der Waals surface area contributed by atoms with Crippen molar-refractivity contribution >= 4 is 23.9 Å². The normalized spacial score (nSPS) is 16.1. The molecule has 1 aliphatic heterocycles. The van der Waals surface area contributed by atoms with Crippen molar-refractivity contribution < 1.29 is 39.6 Å². The zero-order valence-corrected chi connectivity index (χ0v) is 16.4. The molecule has 0 aromatic carbocycles. The van der Waals surface area contributed by atoms with Gasteiger partial charge in [-0.15, -0.1) is 0 Å². The second-order valence-electron chi connectivity index (χ2n) is 7.03. The highest BCUT2D eigenvalue weighted by atomic mass is 16.4. The van der Waals surface area contributed by atoms with Gasteiger partial charge in [-0.1, -0.05) is 0 Å². The van der Waals surface area contributed by atoms with Gasteiger partial charge in [0, 0.05) is 39.3 Å². The molecule has 0 aromatic rings. The lowest BCUT2D eigenvalue weighted by Gasteiger charge is -2.26. The number of rotatable bonds is 14. The third-order valence-corrected chi connectivity index (χ3v) is 4.58. The van der Waals surface area contributed by atoms with Gasteiger partial charge in [-0.05, 0) is 19.5 Å². The Morgan fingerprint density at radius 3 is 1.17 bits per heavy atom. The molecule has 166 valence electrons. The van der Waals surface area contributed by atoms with E-state index in [1.165, 1.54) is 9.80 Å². The van der Waals surface area contributed by atoms with Crippen LogP contribution in [0.15, 0.2) is 0 Å². The molecule has 29 heavy (non-hydrogen) atoms. The number of hydrogen-bond donors (Lipinski definition) is 4. The molecular weight excluding hydrogens is 388 g/mol. The van der Waals surface area contributed by atoms with Gasteiger partial charge in [0.05, 0.1) is 26.2 Å². The summed E-state index contributed by atoms with van der Waals surface area (Å²) in [6, 6.07) is 0. The molecule has 0 bridgehead atoms. The van der Waals surface area contributed by atoms with Crippen molar-refractivity contribution in [2.45, 2.75) is 6.42 Å². The molecule has 1 fully saturated rings. The number of hydrogen-bond acceptors (Lipinski definition) is 8. The Kier molecular flexibility index (Phi) is 11.1. The van der Waals surface area contributed by atoms with Crippen LogP contribution in [0.3, 0.4) is 0 Å². The number of aliphatic carboxylic acids is 4. The van der Waals surface area contributed by atoms with Gasteiger partial charge in [-0.3, -0.25) is 29.0 Å². The molecule has 1 heterocycles. The Labute approximate surface area is 168 Å². The Bertz CT molecular complexity index is 494. The van der Waals surface area contributed by atoms with Crippen molar-refractivity contribution in [3.05, 3.63) is 0 Å². The molecule has 0 saturated carbocycles. The molecule has 12 heteroatoms. The summed E-state index contributed by atoms with van der Waals surface area (Å²) < 4.78 is 0. The van der Waals surface area contributed by atoms with E-state index < -0.39 is 23.9 Å². The first-order chi connectivity index (χ1) is 13.7. The first-order valence-electron chi connectivity index (χ1n) is 9.42. The second-order valence-corrected chi connectivity index (χ2v) is 7.03. The van der Waals surface area contributed by atoms with Crippen LogP contribution >= 0.6 is 0 Å². The summed E-state index contributed by atoms with van der Waals surface area (Å²) in [6.45, 7) is 3.49. The average molecular weight is 418 g/mol. The van der Waals surface area contributed by atoms with Gasteiger partial charge in [0.15, 0.2) is 0 Å². The molecule has 0 radical (unpaired) electrons. The molecule has 12 nitrogen and oxygen atoms in total. The van der Waals surface area contributed by atoms with Crippen LogP contribution in [0.4, 0.5) is 0 Å². The van der Waals surface area contributed by atoms with Crippen LogP contribution in [0.1, 0.15) is 6.42 Å². The highest BCUT2D eigenvalue weighted by molar-refractivity contribution is 5.73. The average Bonchev–Trinajstić information content (AvgIpc) is 2.81. The summed E-state index contributed by atoms with van der Waals surface area (Å²) in [5, 5.41) is 35.6. The Hall–Kier alpha value is -2.28. The van der Waals surface area contributed by atoms with Gasteiger partial charge >= 0.3 is 23.9 Å². The number of nitrogens with zero attached hydrogens (tertiary/aromatic N) is 4. The Morgan fingerprint density at radius 2 is 0.897 bits per heavy atom. The maximum Gasteiger partial charge on any atom is 0.317 e. The Balaban J connectivity index is 2.43. The van der Waals surface area contributed by atoms with Crippen LogP contribution in [0.2, 0.25) is 0 Å².